The molecule has 3 heteroatoms. The zero-order valence-corrected chi connectivity index (χ0v) is 9.83. The van der Waals surface area contributed by atoms with E-state index in [2.05, 4.69) is 40.3 Å². The SMILES string of the molecule is CCCCCn1nccc1-c1cccs1. The molecule has 0 aromatic carbocycles. The highest BCUT2D eigenvalue weighted by molar-refractivity contribution is 7.13. The lowest BCUT2D eigenvalue weighted by atomic mass is 10.2. The first kappa shape index (κ1) is 10.4. The van der Waals surface area contributed by atoms with Gasteiger partial charge in [-0.2, -0.15) is 5.10 Å². The molecule has 0 aliphatic rings. The Kier molecular flexibility index (Phi) is 3.56. The molecule has 0 saturated heterocycles. The number of aryl methyl sites for hydroxylation is 1. The Morgan fingerprint density at radius 2 is 2.27 bits per heavy atom. The van der Waals surface area contributed by atoms with Crippen molar-refractivity contribution in [2.24, 2.45) is 0 Å². The molecule has 0 unspecified atom stereocenters. The molecule has 2 heterocycles. The Morgan fingerprint density at radius 3 is 3.00 bits per heavy atom. The molecule has 0 aliphatic heterocycles. The summed E-state index contributed by atoms with van der Waals surface area (Å²) in [4.78, 5) is 1.31. The van der Waals surface area contributed by atoms with Gasteiger partial charge in [-0.1, -0.05) is 25.8 Å². The summed E-state index contributed by atoms with van der Waals surface area (Å²) in [5, 5.41) is 6.48. The molecular weight excluding hydrogens is 204 g/mol. The van der Waals surface area contributed by atoms with Gasteiger partial charge in [-0.15, -0.1) is 11.3 Å². The van der Waals surface area contributed by atoms with Crippen LogP contribution in [0.15, 0.2) is 29.8 Å². The van der Waals surface area contributed by atoms with E-state index in [1.165, 1.54) is 29.8 Å². The van der Waals surface area contributed by atoms with Gasteiger partial charge in [-0.25, -0.2) is 0 Å². The normalized spacial score (nSPS) is 10.7. The van der Waals surface area contributed by atoms with Crippen LogP contribution < -0.4 is 0 Å². The first-order valence-electron chi connectivity index (χ1n) is 5.47. The summed E-state index contributed by atoms with van der Waals surface area (Å²) in [6, 6.07) is 6.33. The third-order valence-corrected chi connectivity index (χ3v) is 3.36. The molecule has 0 aliphatic carbocycles. The number of aromatic nitrogens is 2. The Morgan fingerprint density at radius 1 is 1.33 bits per heavy atom. The van der Waals surface area contributed by atoms with Crippen LogP contribution in [0.3, 0.4) is 0 Å². The average molecular weight is 220 g/mol. The predicted octanol–water partition coefficient (Wildman–Crippen LogP) is 3.80. The third-order valence-electron chi connectivity index (χ3n) is 2.46. The van der Waals surface area contributed by atoms with Crippen LogP contribution in [0.2, 0.25) is 0 Å². The Hall–Kier alpha value is -1.09. The second-order valence-corrected chi connectivity index (χ2v) is 4.57. The summed E-state index contributed by atoms with van der Waals surface area (Å²) in [5.41, 5.74) is 1.25. The zero-order valence-electron chi connectivity index (χ0n) is 9.02. The minimum Gasteiger partial charge on any atom is -0.264 e. The van der Waals surface area contributed by atoms with Gasteiger partial charge in [-0.05, 0) is 23.9 Å². The van der Waals surface area contributed by atoms with Gasteiger partial charge in [0.2, 0.25) is 0 Å². The highest BCUT2D eigenvalue weighted by Gasteiger charge is 2.05. The van der Waals surface area contributed by atoms with E-state index in [0.29, 0.717) is 0 Å². The number of thiophene rings is 1. The molecule has 0 saturated carbocycles. The minimum absolute atomic E-state index is 1.04. The van der Waals surface area contributed by atoms with Crippen LogP contribution in [-0.4, -0.2) is 9.78 Å². The van der Waals surface area contributed by atoms with Crippen molar-refractivity contribution >= 4 is 11.3 Å². The van der Waals surface area contributed by atoms with Crippen molar-refractivity contribution in [3.05, 3.63) is 29.8 Å². The molecule has 0 fully saturated rings. The van der Waals surface area contributed by atoms with Crippen molar-refractivity contribution in [1.29, 1.82) is 0 Å². The van der Waals surface area contributed by atoms with Gasteiger partial charge in [0.25, 0.3) is 0 Å². The number of unbranched alkanes of at least 4 members (excludes halogenated alkanes) is 2. The van der Waals surface area contributed by atoms with Gasteiger partial charge in [0.15, 0.2) is 0 Å². The van der Waals surface area contributed by atoms with Gasteiger partial charge in [-0.3, -0.25) is 4.68 Å². The molecule has 0 radical (unpaired) electrons. The first-order valence-corrected chi connectivity index (χ1v) is 6.35. The van der Waals surface area contributed by atoms with E-state index in [-0.39, 0.29) is 0 Å². The van der Waals surface area contributed by atoms with Crippen LogP contribution in [0, 0.1) is 0 Å². The minimum atomic E-state index is 1.04. The maximum Gasteiger partial charge on any atom is 0.0781 e. The molecule has 2 aromatic heterocycles. The van der Waals surface area contributed by atoms with Gasteiger partial charge >= 0.3 is 0 Å². The second kappa shape index (κ2) is 5.12. The molecule has 0 spiro atoms. The summed E-state index contributed by atoms with van der Waals surface area (Å²) in [6.07, 6.45) is 5.65. The number of hydrogen-bond acceptors (Lipinski definition) is 2. The maximum absolute atomic E-state index is 4.37. The van der Waals surface area contributed by atoms with Gasteiger partial charge < -0.3 is 0 Å². The highest BCUT2D eigenvalue weighted by Crippen LogP contribution is 2.24. The lowest BCUT2D eigenvalue weighted by Crippen LogP contribution is -2.01. The van der Waals surface area contributed by atoms with Crippen LogP contribution in [0.25, 0.3) is 10.6 Å². The van der Waals surface area contributed by atoms with Gasteiger partial charge in [0.1, 0.15) is 0 Å². The fraction of sp³-hybridized carbons (Fsp3) is 0.417. The standard InChI is InChI=1S/C12H16N2S/c1-2-3-4-9-14-11(7-8-13-14)12-6-5-10-15-12/h5-8,10H,2-4,9H2,1H3. The quantitative estimate of drug-likeness (QED) is 0.701. The molecule has 0 atom stereocenters. The van der Waals surface area contributed by atoms with Crippen LogP contribution in [0.5, 0.6) is 0 Å². The van der Waals surface area contributed by atoms with Crippen molar-refractivity contribution in [2.45, 2.75) is 32.7 Å². The summed E-state index contributed by atoms with van der Waals surface area (Å²) < 4.78 is 2.11. The van der Waals surface area contributed by atoms with Crippen LogP contribution in [0.4, 0.5) is 0 Å². The lowest BCUT2D eigenvalue weighted by molar-refractivity contribution is 0.558. The van der Waals surface area contributed by atoms with E-state index in [4.69, 9.17) is 0 Å². The molecule has 2 nitrogen and oxygen atoms in total. The summed E-state index contributed by atoms with van der Waals surface area (Å²) in [5.74, 6) is 0. The van der Waals surface area contributed by atoms with Crippen LogP contribution >= 0.6 is 11.3 Å². The monoisotopic (exact) mass is 220 g/mol. The number of hydrogen-bond donors (Lipinski definition) is 0. The summed E-state index contributed by atoms with van der Waals surface area (Å²) in [7, 11) is 0. The zero-order chi connectivity index (χ0) is 10.5. The molecular formula is C12H16N2S. The van der Waals surface area contributed by atoms with E-state index in [1.54, 1.807) is 11.3 Å². The number of rotatable bonds is 5. The van der Waals surface area contributed by atoms with E-state index in [9.17, 15) is 0 Å². The smallest absolute Gasteiger partial charge is 0.0781 e. The van der Waals surface area contributed by atoms with Crippen molar-refractivity contribution in [2.75, 3.05) is 0 Å². The van der Waals surface area contributed by atoms with Crippen molar-refractivity contribution in [3.8, 4) is 10.6 Å². The molecule has 15 heavy (non-hydrogen) atoms. The fourth-order valence-corrected chi connectivity index (χ4v) is 2.41. The average Bonchev–Trinajstić information content (AvgIpc) is 2.87. The van der Waals surface area contributed by atoms with Gasteiger partial charge in [0.05, 0.1) is 10.6 Å². The fourth-order valence-electron chi connectivity index (χ4n) is 1.66. The van der Waals surface area contributed by atoms with Crippen LogP contribution in [-0.2, 0) is 6.54 Å². The first-order chi connectivity index (χ1) is 7.42. The lowest BCUT2D eigenvalue weighted by Gasteiger charge is -2.04. The van der Waals surface area contributed by atoms with Crippen molar-refractivity contribution in [1.82, 2.24) is 9.78 Å². The van der Waals surface area contributed by atoms with E-state index in [1.807, 2.05) is 6.20 Å². The second-order valence-electron chi connectivity index (χ2n) is 3.62. The molecule has 0 N–H and O–H groups in total. The predicted molar refractivity (Wildman–Crippen MR) is 65.1 cm³/mol. The van der Waals surface area contributed by atoms with Crippen LogP contribution in [0.1, 0.15) is 26.2 Å². The number of nitrogens with zero attached hydrogens (tertiary/aromatic N) is 2. The van der Waals surface area contributed by atoms with E-state index >= 15 is 0 Å². The molecule has 80 valence electrons. The summed E-state index contributed by atoms with van der Waals surface area (Å²) >= 11 is 1.77. The third kappa shape index (κ3) is 2.48. The molecule has 0 bridgehead atoms. The highest BCUT2D eigenvalue weighted by atomic mass is 32.1. The molecule has 0 amide bonds. The van der Waals surface area contributed by atoms with Crippen molar-refractivity contribution < 1.29 is 0 Å². The largest absolute Gasteiger partial charge is 0.264 e. The maximum atomic E-state index is 4.37. The van der Waals surface area contributed by atoms with Gasteiger partial charge in [0, 0.05) is 12.7 Å². The molecule has 2 aromatic rings. The topological polar surface area (TPSA) is 17.8 Å². The Labute approximate surface area is 94.6 Å². The Bertz CT molecular complexity index is 389. The summed E-state index contributed by atoms with van der Waals surface area (Å²) in [6.45, 7) is 3.26. The molecule has 2 rings (SSSR count). The van der Waals surface area contributed by atoms with E-state index < -0.39 is 0 Å². The van der Waals surface area contributed by atoms with Crippen molar-refractivity contribution in [3.63, 3.8) is 0 Å². The van der Waals surface area contributed by atoms with E-state index in [0.717, 1.165) is 6.54 Å². The Balaban J connectivity index is 2.09.